The van der Waals surface area contributed by atoms with Crippen LogP contribution in [0.3, 0.4) is 0 Å². The molecule has 0 saturated carbocycles. The molecule has 306 valence electrons. The summed E-state index contributed by atoms with van der Waals surface area (Å²) in [5, 5.41) is 48.1. The van der Waals surface area contributed by atoms with Crippen LogP contribution in [0.1, 0.15) is 62.6 Å². The number of aromatic nitrogens is 1. The lowest BCUT2D eigenvalue weighted by Gasteiger charge is -2.03. The van der Waals surface area contributed by atoms with Gasteiger partial charge in [-0.3, -0.25) is 21.6 Å². The van der Waals surface area contributed by atoms with E-state index in [4.69, 9.17) is 55.7 Å². The predicted octanol–water partition coefficient (Wildman–Crippen LogP) is 8.24. The SMILES string of the molecule is CC(=N)c1ccc2cc(-c3ccc(C(=N)N)cc3)[nH]c2c1.N=C(N)c1ccc(/C=C/c2ccc(C(=N)N)cc2)cc1.N=C(N)c1ccc(/C=C/c2ccc(CN)cc2)c(O)c1. The quantitative estimate of drug-likeness (QED) is 0.0347. The van der Waals surface area contributed by atoms with E-state index in [0.717, 1.165) is 55.5 Å². The fourth-order valence-corrected chi connectivity index (χ4v) is 5.89. The van der Waals surface area contributed by atoms with E-state index in [1.165, 1.54) is 6.07 Å². The number of phenolic OH excluding ortho intramolecular Hbond substituents is 1. The van der Waals surface area contributed by atoms with Crippen molar-refractivity contribution in [3.63, 3.8) is 0 Å². The summed E-state index contributed by atoms with van der Waals surface area (Å²) in [7, 11) is 0. The van der Waals surface area contributed by atoms with Gasteiger partial charge in [0, 0.05) is 56.7 Å². The van der Waals surface area contributed by atoms with Gasteiger partial charge in [-0.25, -0.2) is 0 Å². The highest BCUT2D eigenvalue weighted by atomic mass is 16.3. The molecule has 0 radical (unpaired) electrons. The minimum Gasteiger partial charge on any atom is -0.507 e. The normalized spacial score (nSPS) is 10.7. The lowest BCUT2D eigenvalue weighted by Crippen LogP contribution is -2.10. The third kappa shape index (κ3) is 12.3. The van der Waals surface area contributed by atoms with Gasteiger partial charge >= 0.3 is 0 Å². The Hall–Kier alpha value is -8.35. The monoisotopic (exact) mass is 807 g/mol. The van der Waals surface area contributed by atoms with Gasteiger partial charge in [-0.15, -0.1) is 0 Å². The number of nitrogen functional groups attached to an aromatic ring is 4. The van der Waals surface area contributed by atoms with E-state index in [0.29, 0.717) is 34.5 Å². The summed E-state index contributed by atoms with van der Waals surface area (Å²) in [5.74, 6) is 0.255. The lowest BCUT2D eigenvalue weighted by molar-refractivity contribution is 0.474. The molecular weight excluding hydrogens is 759 g/mol. The molecule has 0 saturated heterocycles. The zero-order valence-electron chi connectivity index (χ0n) is 33.6. The van der Waals surface area contributed by atoms with Gasteiger partial charge in [0.1, 0.15) is 29.1 Å². The topological polar surface area (TPSA) is 285 Å². The van der Waals surface area contributed by atoms with Crippen LogP contribution in [0.15, 0.2) is 140 Å². The van der Waals surface area contributed by atoms with Crippen molar-refractivity contribution in [3.05, 3.63) is 195 Å². The van der Waals surface area contributed by atoms with E-state index >= 15 is 0 Å². The molecule has 6 aromatic carbocycles. The van der Waals surface area contributed by atoms with Crippen molar-refractivity contribution in [3.8, 4) is 17.0 Å². The molecule has 0 spiro atoms. The summed E-state index contributed by atoms with van der Waals surface area (Å²) in [6, 6.07) is 43.4. The number of amidine groups is 4. The maximum atomic E-state index is 9.88. The van der Waals surface area contributed by atoms with Crippen molar-refractivity contribution < 1.29 is 5.11 Å². The van der Waals surface area contributed by atoms with E-state index in [-0.39, 0.29) is 29.1 Å². The van der Waals surface area contributed by atoms with Crippen LogP contribution in [-0.4, -0.2) is 39.1 Å². The molecule has 0 bridgehead atoms. The van der Waals surface area contributed by atoms with Crippen LogP contribution in [0, 0.1) is 27.0 Å². The number of H-pyrrole nitrogens is 1. The second-order valence-corrected chi connectivity index (χ2v) is 14.0. The highest BCUT2D eigenvalue weighted by molar-refractivity contribution is 6.01. The molecule has 0 fully saturated rings. The average molecular weight is 808 g/mol. The summed E-state index contributed by atoms with van der Waals surface area (Å²) in [6.45, 7) is 2.31. The number of benzene rings is 6. The Kier molecular flexibility index (Phi) is 14.6. The van der Waals surface area contributed by atoms with Gasteiger partial charge in [0.25, 0.3) is 0 Å². The summed E-state index contributed by atoms with van der Waals surface area (Å²) in [4.78, 5) is 3.37. The molecule has 7 rings (SSSR count). The fourth-order valence-electron chi connectivity index (χ4n) is 5.89. The van der Waals surface area contributed by atoms with Crippen molar-refractivity contribution in [2.75, 3.05) is 0 Å². The molecule has 1 aromatic heterocycles. The molecule has 0 aliphatic rings. The third-order valence-corrected chi connectivity index (χ3v) is 9.49. The van der Waals surface area contributed by atoms with Crippen molar-refractivity contribution >= 4 is 64.3 Å². The number of phenols is 1. The Morgan fingerprint density at radius 2 is 0.934 bits per heavy atom. The first-order chi connectivity index (χ1) is 29.2. The first kappa shape index (κ1) is 43.8. The van der Waals surface area contributed by atoms with Crippen LogP contribution in [0.25, 0.3) is 46.5 Å². The molecule has 0 aliphatic heterocycles. The number of nitrogens with two attached hydrogens (primary N) is 5. The van der Waals surface area contributed by atoms with Crippen LogP contribution in [0.2, 0.25) is 0 Å². The standard InChI is InChI=1S/C17H16N4.C16H16N4.C16H17N3O/c1-10(18)13-6-7-14-9-15(21-16(14)8-13)11-2-4-12(5-3-11)17(19)20;17-15(18)13-7-3-11(4-8-13)1-2-12-5-9-14(10-6-12)16(19)20;17-10-12-3-1-11(2-4-12)5-6-13-7-8-14(16(18)19)9-15(13)20/h2-9,18,21H,1H3,(H3,19,20);1-10H,(H3,17,18)(H3,19,20);1-9,20H,10,17H2,(H3,18,19)/b;2-1+;6-5+. The minimum absolute atomic E-state index is 0.0618. The number of hydrogen-bond donors (Lipinski definition) is 12. The van der Waals surface area contributed by atoms with E-state index in [1.54, 1.807) is 19.1 Å². The Balaban J connectivity index is 0.000000173. The summed E-state index contributed by atoms with van der Waals surface area (Å²) >= 11 is 0. The van der Waals surface area contributed by atoms with Gasteiger partial charge in [-0.2, -0.15) is 0 Å². The number of aromatic hydroxyl groups is 1. The Morgan fingerprint density at radius 1 is 0.508 bits per heavy atom. The van der Waals surface area contributed by atoms with Crippen LogP contribution in [0.5, 0.6) is 5.75 Å². The van der Waals surface area contributed by atoms with E-state index in [1.807, 2.05) is 140 Å². The summed E-state index contributed by atoms with van der Waals surface area (Å²) in [5.41, 5.74) is 39.2. The van der Waals surface area contributed by atoms with Gasteiger partial charge in [0.05, 0.1) is 0 Å². The number of fused-ring (bicyclic) bond motifs is 1. The summed E-state index contributed by atoms with van der Waals surface area (Å²) in [6.07, 6.45) is 7.68. The van der Waals surface area contributed by atoms with E-state index in [2.05, 4.69) is 11.1 Å². The van der Waals surface area contributed by atoms with Crippen LogP contribution >= 0.6 is 0 Å². The van der Waals surface area contributed by atoms with E-state index in [9.17, 15) is 5.11 Å². The van der Waals surface area contributed by atoms with Crippen molar-refractivity contribution in [1.29, 1.82) is 27.0 Å². The molecule has 1 heterocycles. The molecule has 7 aromatic rings. The van der Waals surface area contributed by atoms with Crippen molar-refractivity contribution in [2.24, 2.45) is 28.7 Å². The van der Waals surface area contributed by atoms with Gasteiger partial charge < -0.3 is 44.2 Å². The summed E-state index contributed by atoms with van der Waals surface area (Å²) < 4.78 is 0. The number of rotatable bonds is 11. The van der Waals surface area contributed by atoms with Gasteiger partial charge in [0.15, 0.2) is 0 Å². The molecule has 61 heavy (non-hydrogen) atoms. The highest BCUT2D eigenvalue weighted by Crippen LogP contribution is 2.26. The molecule has 0 aliphatic carbocycles. The smallest absolute Gasteiger partial charge is 0.123 e. The molecular formula is C49H49N11O. The zero-order valence-corrected chi connectivity index (χ0v) is 33.6. The predicted molar refractivity (Wildman–Crippen MR) is 253 cm³/mol. The molecule has 12 heteroatoms. The third-order valence-electron chi connectivity index (χ3n) is 9.49. The molecule has 12 nitrogen and oxygen atoms in total. The van der Waals surface area contributed by atoms with Gasteiger partial charge in [-0.1, -0.05) is 146 Å². The van der Waals surface area contributed by atoms with Crippen molar-refractivity contribution in [2.45, 2.75) is 13.5 Å². The second kappa shape index (κ2) is 20.4. The maximum Gasteiger partial charge on any atom is 0.123 e. The van der Waals surface area contributed by atoms with Gasteiger partial charge in [0.2, 0.25) is 0 Å². The first-order valence-electron chi connectivity index (χ1n) is 19.1. The Bertz CT molecular complexity index is 2690. The molecule has 0 atom stereocenters. The average Bonchev–Trinajstić information content (AvgIpc) is 3.70. The van der Waals surface area contributed by atoms with Crippen LogP contribution in [-0.2, 0) is 6.54 Å². The van der Waals surface area contributed by atoms with Crippen molar-refractivity contribution in [1.82, 2.24) is 4.98 Å². The lowest BCUT2D eigenvalue weighted by atomic mass is 10.1. The number of aromatic amines is 1. The van der Waals surface area contributed by atoms with Gasteiger partial charge in [-0.05, 0) is 58.5 Å². The van der Waals surface area contributed by atoms with E-state index < -0.39 is 0 Å². The second-order valence-electron chi connectivity index (χ2n) is 14.0. The maximum absolute atomic E-state index is 9.88. The Labute approximate surface area is 354 Å². The zero-order chi connectivity index (χ0) is 44.1. The Morgan fingerprint density at radius 3 is 1.38 bits per heavy atom. The molecule has 0 unspecified atom stereocenters. The van der Waals surface area contributed by atoms with Crippen LogP contribution < -0.4 is 28.7 Å². The number of nitrogens with one attached hydrogen (secondary N) is 6. The highest BCUT2D eigenvalue weighted by Gasteiger charge is 2.07. The number of hydrogen-bond acceptors (Lipinski definition) is 7. The fraction of sp³-hybridized carbons (Fsp3) is 0.0408. The largest absolute Gasteiger partial charge is 0.507 e. The molecule has 17 N–H and O–H groups in total. The van der Waals surface area contributed by atoms with Crippen LogP contribution in [0.4, 0.5) is 0 Å². The first-order valence-corrected chi connectivity index (χ1v) is 19.1. The molecule has 0 amide bonds. The minimum atomic E-state index is -0.0618.